The van der Waals surface area contributed by atoms with E-state index in [1.807, 2.05) is 0 Å². The van der Waals surface area contributed by atoms with Crippen molar-refractivity contribution in [2.24, 2.45) is 0 Å². The van der Waals surface area contributed by atoms with Gasteiger partial charge in [-0.2, -0.15) is 0 Å². The molecule has 1 rings (SSSR count). The minimum Gasteiger partial charge on any atom is -0.260 e. The number of halogens is 1. The van der Waals surface area contributed by atoms with E-state index in [-0.39, 0.29) is 4.90 Å². The minimum absolute atomic E-state index is 0.226. The van der Waals surface area contributed by atoms with Gasteiger partial charge in [0.25, 0.3) is 0 Å². The van der Waals surface area contributed by atoms with Crippen molar-refractivity contribution in [2.75, 3.05) is 18.6 Å². The van der Waals surface area contributed by atoms with Crippen molar-refractivity contribution in [3.8, 4) is 0 Å². The van der Waals surface area contributed by atoms with Crippen LogP contribution in [0.3, 0.4) is 0 Å². The van der Waals surface area contributed by atoms with E-state index in [0.29, 0.717) is 18.7 Å². The molecule has 1 aromatic rings. The molecule has 1 atom stereocenters. The molecule has 0 aliphatic carbocycles. The lowest BCUT2D eigenvalue weighted by molar-refractivity contribution is 0.580. The maximum atomic E-state index is 11.8. The predicted molar refractivity (Wildman–Crippen MR) is 72.9 cm³/mol. The molecule has 1 unspecified atom stereocenters. The van der Waals surface area contributed by atoms with E-state index >= 15 is 0 Å². The number of rotatable bonds is 6. The second-order valence-corrected chi connectivity index (χ2v) is 7.72. The van der Waals surface area contributed by atoms with Crippen molar-refractivity contribution in [1.29, 1.82) is 0 Å². The summed E-state index contributed by atoms with van der Waals surface area (Å²) in [7, 11) is -4.34. The second-order valence-electron chi connectivity index (χ2n) is 3.49. The molecule has 0 aromatic heterocycles. The Morgan fingerprint density at radius 2 is 2.12 bits per heavy atom. The fourth-order valence-corrected chi connectivity index (χ4v) is 3.42. The quantitative estimate of drug-likeness (QED) is 0.798. The molecule has 0 saturated heterocycles. The van der Waals surface area contributed by atoms with E-state index in [1.165, 1.54) is 6.07 Å². The molecule has 0 aliphatic rings. The fourth-order valence-electron chi connectivity index (χ4n) is 1.20. The van der Waals surface area contributed by atoms with Gasteiger partial charge < -0.3 is 0 Å². The molecule has 4 nitrogen and oxygen atoms in total. The van der Waals surface area contributed by atoms with Gasteiger partial charge in [-0.1, -0.05) is 22.0 Å². The standard InChI is InChI=1S/C10H14BrNO3S2/c1-16(13)7-3-6-12-17(14,15)10-5-2-4-9(11)8-10/h2,4-5,8,12H,3,6-7H2,1H3. The first kappa shape index (κ1) is 14.8. The maximum absolute atomic E-state index is 11.8. The SMILES string of the molecule is CS(=O)CCCNS(=O)(=O)c1cccc(Br)c1. The molecular weight excluding hydrogens is 326 g/mol. The van der Waals surface area contributed by atoms with Crippen LogP contribution in [0.5, 0.6) is 0 Å². The van der Waals surface area contributed by atoms with Crippen LogP contribution in [0, 0.1) is 0 Å². The number of hydrogen-bond acceptors (Lipinski definition) is 3. The zero-order valence-corrected chi connectivity index (χ0v) is 12.6. The summed E-state index contributed by atoms with van der Waals surface area (Å²) < 4.78 is 37.6. The van der Waals surface area contributed by atoms with E-state index < -0.39 is 20.8 Å². The summed E-state index contributed by atoms with van der Waals surface area (Å²) in [6.45, 7) is 0.300. The molecule has 17 heavy (non-hydrogen) atoms. The van der Waals surface area contributed by atoms with Crippen LogP contribution in [0.1, 0.15) is 6.42 Å². The molecule has 1 N–H and O–H groups in total. The molecule has 0 heterocycles. The van der Waals surface area contributed by atoms with Crippen LogP contribution in [0.4, 0.5) is 0 Å². The fraction of sp³-hybridized carbons (Fsp3) is 0.400. The van der Waals surface area contributed by atoms with Crippen LogP contribution in [0.2, 0.25) is 0 Å². The predicted octanol–water partition coefficient (Wildman–Crippen LogP) is 1.50. The number of hydrogen-bond donors (Lipinski definition) is 1. The Kier molecular flexibility index (Phi) is 5.78. The average Bonchev–Trinajstić information content (AvgIpc) is 2.24. The van der Waals surface area contributed by atoms with Crippen LogP contribution in [-0.4, -0.2) is 31.2 Å². The first-order valence-electron chi connectivity index (χ1n) is 4.97. The van der Waals surface area contributed by atoms with Gasteiger partial charge in [0.15, 0.2) is 0 Å². The van der Waals surface area contributed by atoms with Gasteiger partial charge in [0.2, 0.25) is 10.0 Å². The Labute approximate surface area is 112 Å². The lowest BCUT2D eigenvalue weighted by atomic mass is 10.4. The molecule has 0 spiro atoms. The normalized spacial score (nSPS) is 13.5. The molecule has 1 aromatic carbocycles. The highest BCUT2D eigenvalue weighted by molar-refractivity contribution is 9.10. The molecule has 0 radical (unpaired) electrons. The summed E-state index contributed by atoms with van der Waals surface area (Å²) >= 11 is 3.22. The smallest absolute Gasteiger partial charge is 0.240 e. The highest BCUT2D eigenvalue weighted by Crippen LogP contribution is 2.15. The zero-order valence-electron chi connectivity index (χ0n) is 9.35. The minimum atomic E-state index is -3.46. The monoisotopic (exact) mass is 339 g/mol. The lowest BCUT2D eigenvalue weighted by Crippen LogP contribution is -2.25. The Bertz CT molecular complexity index is 502. The highest BCUT2D eigenvalue weighted by Gasteiger charge is 2.13. The third-order valence-corrected chi connectivity index (χ3v) is 4.82. The maximum Gasteiger partial charge on any atom is 0.240 e. The molecule has 0 saturated carbocycles. The summed E-state index contributed by atoms with van der Waals surface area (Å²) in [4.78, 5) is 0.226. The number of sulfonamides is 1. The first-order chi connectivity index (χ1) is 7.92. The molecule has 0 bridgehead atoms. The van der Waals surface area contributed by atoms with Crippen LogP contribution >= 0.6 is 15.9 Å². The van der Waals surface area contributed by atoms with Crippen molar-refractivity contribution >= 4 is 36.8 Å². The summed E-state index contributed by atoms with van der Waals surface area (Å²) in [5.74, 6) is 0.501. The van der Waals surface area contributed by atoms with Crippen LogP contribution in [0.25, 0.3) is 0 Å². The first-order valence-corrected chi connectivity index (χ1v) is 8.97. The molecular formula is C10H14BrNO3S2. The Hall–Kier alpha value is -0.240. The molecule has 0 fully saturated rings. The number of benzene rings is 1. The van der Waals surface area contributed by atoms with Gasteiger partial charge in [0, 0.05) is 33.8 Å². The third-order valence-electron chi connectivity index (χ3n) is 2.01. The van der Waals surface area contributed by atoms with Crippen molar-refractivity contribution in [2.45, 2.75) is 11.3 Å². The highest BCUT2D eigenvalue weighted by atomic mass is 79.9. The van der Waals surface area contributed by atoms with Crippen LogP contribution < -0.4 is 4.72 Å². The third kappa shape index (κ3) is 5.29. The summed E-state index contributed by atoms with van der Waals surface area (Å²) in [5, 5.41) is 0. The van der Waals surface area contributed by atoms with Gasteiger partial charge in [-0.05, 0) is 24.6 Å². The molecule has 0 amide bonds. The Balaban J connectivity index is 2.60. The molecule has 96 valence electrons. The van der Waals surface area contributed by atoms with Crippen molar-refractivity contribution in [3.63, 3.8) is 0 Å². The molecule has 7 heteroatoms. The van der Waals surface area contributed by atoms with E-state index in [2.05, 4.69) is 20.7 Å². The Morgan fingerprint density at radius 1 is 1.41 bits per heavy atom. The van der Waals surface area contributed by atoms with E-state index in [4.69, 9.17) is 0 Å². The topological polar surface area (TPSA) is 63.2 Å². The largest absolute Gasteiger partial charge is 0.260 e. The Morgan fingerprint density at radius 3 is 2.71 bits per heavy atom. The van der Waals surface area contributed by atoms with Gasteiger partial charge in [-0.15, -0.1) is 0 Å². The average molecular weight is 340 g/mol. The number of nitrogens with one attached hydrogen (secondary N) is 1. The lowest BCUT2D eigenvalue weighted by Gasteiger charge is -2.06. The van der Waals surface area contributed by atoms with E-state index in [9.17, 15) is 12.6 Å². The summed E-state index contributed by atoms with van der Waals surface area (Å²) in [6, 6.07) is 6.50. The van der Waals surface area contributed by atoms with Crippen LogP contribution in [-0.2, 0) is 20.8 Å². The second kappa shape index (κ2) is 6.63. The molecule has 0 aliphatic heterocycles. The van der Waals surface area contributed by atoms with Gasteiger partial charge >= 0.3 is 0 Å². The van der Waals surface area contributed by atoms with Crippen molar-refractivity contribution < 1.29 is 12.6 Å². The van der Waals surface area contributed by atoms with E-state index in [0.717, 1.165) is 4.47 Å². The van der Waals surface area contributed by atoms with Gasteiger partial charge in [-0.25, -0.2) is 13.1 Å². The zero-order chi connectivity index (χ0) is 12.9. The van der Waals surface area contributed by atoms with Crippen molar-refractivity contribution in [3.05, 3.63) is 28.7 Å². The van der Waals surface area contributed by atoms with E-state index in [1.54, 1.807) is 24.5 Å². The summed E-state index contributed by atoms with van der Waals surface area (Å²) in [6.07, 6.45) is 2.17. The van der Waals surface area contributed by atoms with Crippen molar-refractivity contribution in [1.82, 2.24) is 4.72 Å². The van der Waals surface area contributed by atoms with Crippen LogP contribution in [0.15, 0.2) is 33.6 Å². The van der Waals surface area contributed by atoms with Gasteiger partial charge in [0.05, 0.1) is 4.90 Å². The van der Waals surface area contributed by atoms with Gasteiger partial charge in [-0.3, -0.25) is 4.21 Å². The van der Waals surface area contributed by atoms with Gasteiger partial charge in [0.1, 0.15) is 0 Å². The summed E-state index contributed by atoms with van der Waals surface area (Å²) in [5.41, 5.74) is 0.